The molecule has 0 spiro atoms. The number of hydrogen-bond donors (Lipinski definition) is 2. The van der Waals surface area contributed by atoms with Crippen LogP contribution in [0.25, 0.3) is 0 Å². The minimum atomic E-state index is -0.368. The lowest BCUT2D eigenvalue weighted by Gasteiger charge is -2.20. The highest BCUT2D eigenvalue weighted by Gasteiger charge is 2.20. The van der Waals surface area contributed by atoms with Gasteiger partial charge in [-0.3, -0.25) is 0 Å². The van der Waals surface area contributed by atoms with Gasteiger partial charge in [-0.2, -0.15) is 0 Å². The van der Waals surface area contributed by atoms with E-state index in [1.54, 1.807) is 18.2 Å². The molecule has 3 aromatic rings. The van der Waals surface area contributed by atoms with Crippen LogP contribution in [0.5, 0.6) is 28.7 Å². The first-order valence-corrected chi connectivity index (χ1v) is 11.1. The molecule has 8 nitrogen and oxygen atoms in total. The number of carbonyl (C=O) groups is 1. The van der Waals surface area contributed by atoms with Crippen molar-refractivity contribution in [2.24, 2.45) is 0 Å². The summed E-state index contributed by atoms with van der Waals surface area (Å²) in [7, 11) is 1.54. The van der Waals surface area contributed by atoms with Crippen molar-refractivity contribution in [2.45, 2.75) is 18.9 Å². The van der Waals surface area contributed by atoms with Gasteiger partial charge in [0.25, 0.3) is 0 Å². The van der Waals surface area contributed by atoms with E-state index in [9.17, 15) is 4.79 Å². The minimum Gasteiger partial charge on any atom is -0.495 e. The van der Waals surface area contributed by atoms with Gasteiger partial charge < -0.3 is 34.3 Å². The van der Waals surface area contributed by atoms with Crippen LogP contribution in [0.3, 0.4) is 0 Å². The van der Waals surface area contributed by atoms with Crippen molar-refractivity contribution >= 4 is 23.3 Å². The molecule has 34 heavy (non-hydrogen) atoms. The normalized spacial score (nSPS) is 13.1. The van der Waals surface area contributed by atoms with E-state index in [2.05, 4.69) is 10.6 Å². The van der Waals surface area contributed by atoms with Crippen molar-refractivity contribution < 1.29 is 28.5 Å². The van der Waals surface area contributed by atoms with E-state index < -0.39 is 0 Å². The number of carbonyl (C=O) groups excluding carboxylic acids is 1. The molecule has 2 amide bonds. The summed E-state index contributed by atoms with van der Waals surface area (Å²) in [5.41, 5.74) is 2.50. The molecular weight excluding hydrogens is 460 g/mol. The quantitative estimate of drug-likeness (QED) is 0.504. The van der Waals surface area contributed by atoms with Crippen LogP contribution in [0.4, 0.5) is 10.5 Å². The maximum absolute atomic E-state index is 12.9. The lowest BCUT2D eigenvalue weighted by atomic mass is 9.98. The number of nitrogens with one attached hydrogen (secondary N) is 2. The Morgan fingerprint density at radius 3 is 2.06 bits per heavy atom. The van der Waals surface area contributed by atoms with Gasteiger partial charge in [0.2, 0.25) is 13.6 Å². The molecule has 176 valence electrons. The Labute approximate surface area is 201 Å². The van der Waals surface area contributed by atoms with Gasteiger partial charge in [-0.15, -0.1) is 0 Å². The second-order valence-corrected chi connectivity index (χ2v) is 8.36. The van der Waals surface area contributed by atoms with Crippen molar-refractivity contribution in [2.75, 3.05) is 26.0 Å². The summed E-state index contributed by atoms with van der Waals surface area (Å²) in [6.07, 6.45) is 1.15. The van der Waals surface area contributed by atoms with Gasteiger partial charge in [-0.1, -0.05) is 23.7 Å². The fourth-order valence-corrected chi connectivity index (χ4v) is 4.17. The van der Waals surface area contributed by atoms with E-state index in [1.807, 2.05) is 36.4 Å². The summed E-state index contributed by atoms with van der Waals surface area (Å²) < 4.78 is 27.2. The van der Waals surface area contributed by atoms with E-state index in [0.717, 1.165) is 22.6 Å². The van der Waals surface area contributed by atoms with Crippen LogP contribution in [0, 0.1) is 0 Å². The largest absolute Gasteiger partial charge is 0.495 e. The van der Waals surface area contributed by atoms with E-state index in [4.69, 9.17) is 35.3 Å². The van der Waals surface area contributed by atoms with Crippen LogP contribution >= 0.6 is 11.6 Å². The molecule has 0 fully saturated rings. The zero-order valence-electron chi connectivity index (χ0n) is 18.4. The summed E-state index contributed by atoms with van der Waals surface area (Å²) in [5.74, 6) is 3.35. The molecule has 0 bridgehead atoms. The molecule has 3 aromatic carbocycles. The molecule has 0 radical (unpaired) electrons. The number of rotatable bonds is 7. The molecule has 2 aliphatic rings. The number of amides is 2. The first-order chi connectivity index (χ1) is 16.6. The van der Waals surface area contributed by atoms with Gasteiger partial charge in [-0.05, 0) is 66.4 Å². The monoisotopic (exact) mass is 482 g/mol. The molecule has 0 unspecified atom stereocenters. The van der Waals surface area contributed by atoms with Crippen molar-refractivity contribution in [3.05, 3.63) is 70.7 Å². The Balaban J connectivity index is 1.34. The average Bonchev–Trinajstić information content (AvgIpc) is 3.47. The lowest BCUT2D eigenvalue weighted by Crippen LogP contribution is -2.40. The lowest BCUT2D eigenvalue weighted by molar-refractivity contribution is 0.173. The maximum atomic E-state index is 12.9. The number of benzene rings is 3. The Morgan fingerprint density at radius 1 is 0.882 bits per heavy atom. The van der Waals surface area contributed by atoms with Gasteiger partial charge in [0, 0.05) is 11.1 Å². The van der Waals surface area contributed by atoms with Gasteiger partial charge in [0.05, 0.1) is 12.8 Å². The molecule has 0 saturated heterocycles. The highest BCUT2D eigenvalue weighted by Crippen LogP contribution is 2.34. The third-order valence-corrected chi connectivity index (χ3v) is 5.82. The Bertz CT molecular complexity index is 1160. The average molecular weight is 483 g/mol. The molecule has 2 N–H and O–H groups in total. The van der Waals surface area contributed by atoms with Crippen LogP contribution in [0.1, 0.15) is 11.1 Å². The Hall–Kier alpha value is -3.78. The summed E-state index contributed by atoms with van der Waals surface area (Å²) in [6.45, 7) is 0.420. The van der Waals surface area contributed by atoms with Gasteiger partial charge in [-0.25, -0.2) is 4.79 Å². The smallest absolute Gasteiger partial charge is 0.319 e. The molecule has 5 rings (SSSR count). The topological polar surface area (TPSA) is 87.3 Å². The van der Waals surface area contributed by atoms with Crippen molar-refractivity contribution in [3.8, 4) is 28.7 Å². The summed E-state index contributed by atoms with van der Waals surface area (Å²) >= 11 is 6.10. The third kappa shape index (κ3) is 4.92. The number of hydrogen-bond acceptors (Lipinski definition) is 6. The number of ether oxygens (including phenoxy) is 5. The second kappa shape index (κ2) is 9.61. The summed E-state index contributed by atoms with van der Waals surface area (Å²) in [6, 6.07) is 16.0. The third-order valence-electron chi connectivity index (χ3n) is 5.58. The molecule has 2 heterocycles. The molecule has 0 aromatic heterocycles. The van der Waals surface area contributed by atoms with E-state index >= 15 is 0 Å². The maximum Gasteiger partial charge on any atom is 0.319 e. The standard InChI is InChI=1S/C25H23ClN2O6/c1-30-20-7-4-17(26)12-19(20)28-25(29)27-18(8-15-2-5-21-23(10-15)33-13-31-21)9-16-3-6-22-24(11-16)34-14-32-22/h2-7,10-12,18H,8-9,13-14H2,1H3,(H2,27,28,29). The Morgan fingerprint density at radius 2 is 1.47 bits per heavy atom. The van der Waals surface area contributed by atoms with Crippen molar-refractivity contribution in [3.63, 3.8) is 0 Å². The molecular formula is C25H23ClN2O6. The van der Waals surface area contributed by atoms with E-state index in [-0.39, 0.29) is 25.7 Å². The van der Waals surface area contributed by atoms with Crippen LogP contribution in [-0.2, 0) is 12.8 Å². The first-order valence-electron chi connectivity index (χ1n) is 10.8. The van der Waals surface area contributed by atoms with Crippen LogP contribution < -0.4 is 34.3 Å². The number of halogens is 1. The van der Waals surface area contributed by atoms with Crippen LogP contribution in [-0.4, -0.2) is 32.8 Å². The van der Waals surface area contributed by atoms with Gasteiger partial charge >= 0.3 is 6.03 Å². The SMILES string of the molecule is COc1ccc(Cl)cc1NC(=O)NC(Cc1ccc2c(c1)OCO2)Cc1ccc2c(c1)OCO2. The fourth-order valence-electron chi connectivity index (χ4n) is 4.00. The van der Waals surface area contributed by atoms with Crippen LogP contribution in [0.15, 0.2) is 54.6 Å². The summed E-state index contributed by atoms with van der Waals surface area (Å²) in [4.78, 5) is 12.9. The van der Waals surface area contributed by atoms with Crippen LogP contribution in [0.2, 0.25) is 5.02 Å². The second-order valence-electron chi connectivity index (χ2n) is 7.92. The van der Waals surface area contributed by atoms with E-state index in [1.165, 1.54) is 7.11 Å². The highest BCUT2D eigenvalue weighted by atomic mass is 35.5. The number of urea groups is 1. The minimum absolute atomic E-state index is 0.210. The van der Waals surface area contributed by atoms with Crippen molar-refractivity contribution in [1.29, 1.82) is 0 Å². The first kappa shape index (κ1) is 22.0. The zero-order valence-corrected chi connectivity index (χ0v) is 19.2. The fraction of sp³-hybridized carbons (Fsp3) is 0.240. The van der Waals surface area contributed by atoms with E-state index in [0.29, 0.717) is 40.8 Å². The van der Waals surface area contributed by atoms with Crippen molar-refractivity contribution in [1.82, 2.24) is 5.32 Å². The zero-order chi connectivity index (χ0) is 23.5. The predicted octanol–water partition coefficient (Wildman–Crippen LogP) is 4.78. The number of anilines is 1. The van der Waals surface area contributed by atoms with Gasteiger partial charge in [0.15, 0.2) is 23.0 Å². The molecule has 9 heteroatoms. The predicted molar refractivity (Wildman–Crippen MR) is 126 cm³/mol. The molecule has 0 aliphatic carbocycles. The summed E-state index contributed by atoms with van der Waals surface area (Å²) in [5, 5.41) is 6.41. The highest BCUT2D eigenvalue weighted by molar-refractivity contribution is 6.31. The number of methoxy groups -OCH3 is 1. The molecule has 0 saturated carbocycles. The Kier molecular flexibility index (Phi) is 6.22. The van der Waals surface area contributed by atoms with Gasteiger partial charge in [0.1, 0.15) is 5.75 Å². The molecule has 2 aliphatic heterocycles. The number of fused-ring (bicyclic) bond motifs is 2. The molecule has 0 atom stereocenters.